The number of ether oxygens (including phenoxy) is 1. The number of rotatable bonds is 8. The van der Waals surface area contributed by atoms with E-state index in [-0.39, 0.29) is 5.41 Å². The minimum atomic E-state index is 0.117. The predicted octanol–water partition coefficient (Wildman–Crippen LogP) is 3.01. The first kappa shape index (κ1) is 13.9. The van der Waals surface area contributed by atoms with Crippen molar-refractivity contribution in [3.05, 3.63) is 48.6 Å². The number of hydrogen-bond acceptors (Lipinski definition) is 2. The summed E-state index contributed by atoms with van der Waals surface area (Å²) < 4.78 is 5.69. The summed E-state index contributed by atoms with van der Waals surface area (Å²) in [6.07, 6.45) is 3.00. The molecule has 94 valence electrons. The molecule has 1 N–H and O–H groups in total. The van der Waals surface area contributed by atoms with Crippen molar-refractivity contribution in [2.75, 3.05) is 20.2 Å². The second-order valence-corrected chi connectivity index (χ2v) is 4.68. The highest BCUT2D eigenvalue weighted by Gasteiger charge is 2.18. The minimum Gasteiger partial charge on any atom is -0.377 e. The molecule has 0 amide bonds. The highest BCUT2D eigenvalue weighted by molar-refractivity contribution is 5.13. The van der Waals surface area contributed by atoms with Crippen LogP contribution in [-0.4, -0.2) is 20.2 Å². The maximum Gasteiger partial charge on any atom is 0.0716 e. The van der Waals surface area contributed by atoms with E-state index in [1.54, 1.807) is 0 Å². The third kappa shape index (κ3) is 5.16. The molecule has 0 saturated carbocycles. The molecule has 0 aliphatic heterocycles. The van der Waals surface area contributed by atoms with Gasteiger partial charge in [0.05, 0.1) is 6.61 Å². The van der Waals surface area contributed by atoms with E-state index in [1.807, 2.05) is 31.3 Å². The zero-order valence-electron chi connectivity index (χ0n) is 10.9. The summed E-state index contributed by atoms with van der Waals surface area (Å²) in [4.78, 5) is 0. The highest BCUT2D eigenvalue weighted by atomic mass is 16.5. The molecule has 17 heavy (non-hydrogen) atoms. The van der Waals surface area contributed by atoms with E-state index in [0.717, 1.165) is 19.6 Å². The topological polar surface area (TPSA) is 21.3 Å². The summed E-state index contributed by atoms with van der Waals surface area (Å²) >= 11 is 0. The summed E-state index contributed by atoms with van der Waals surface area (Å²) in [6.45, 7) is 8.48. The first-order valence-corrected chi connectivity index (χ1v) is 6.10. The Morgan fingerprint density at radius 3 is 2.65 bits per heavy atom. The fraction of sp³-hybridized carbons (Fsp3) is 0.467. The van der Waals surface area contributed by atoms with Gasteiger partial charge in [-0.15, -0.1) is 6.58 Å². The monoisotopic (exact) mass is 233 g/mol. The Kier molecular flexibility index (Phi) is 5.95. The Balaban J connectivity index is 2.25. The van der Waals surface area contributed by atoms with Crippen molar-refractivity contribution < 1.29 is 4.74 Å². The highest BCUT2D eigenvalue weighted by Crippen LogP contribution is 2.21. The lowest BCUT2D eigenvalue weighted by Crippen LogP contribution is -2.28. The lowest BCUT2D eigenvalue weighted by Gasteiger charge is -2.25. The quantitative estimate of drug-likeness (QED) is 0.550. The molecule has 0 aliphatic rings. The van der Waals surface area contributed by atoms with Crippen LogP contribution in [0.1, 0.15) is 18.9 Å². The van der Waals surface area contributed by atoms with Crippen LogP contribution < -0.4 is 5.32 Å². The molecule has 0 saturated heterocycles. The summed E-state index contributed by atoms with van der Waals surface area (Å²) in [5, 5.41) is 3.19. The largest absolute Gasteiger partial charge is 0.377 e. The first-order valence-electron chi connectivity index (χ1n) is 6.10. The predicted molar refractivity (Wildman–Crippen MR) is 72.9 cm³/mol. The van der Waals surface area contributed by atoms with Crippen LogP contribution in [0.2, 0.25) is 0 Å². The van der Waals surface area contributed by atoms with E-state index >= 15 is 0 Å². The summed E-state index contributed by atoms with van der Waals surface area (Å²) in [7, 11) is 1.96. The number of benzene rings is 1. The molecular formula is C15H23NO. The van der Waals surface area contributed by atoms with Crippen LogP contribution >= 0.6 is 0 Å². The van der Waals surface area contributed by atoms with Gasteiger partial charge in [-0.25, -0.2) is 0 Å². The maximum absolute atomic E-state index is 5.69. The fourth-order valence-electron chi connectivity index (χ4n) is 1.74. The maximum atomic E-state index is 5.69. The molecule has 0 aromatic heterocycles. The SMILES string of the molecule is C=CC(C)(CCOCc1ccccc1)CNC. The lowest BCUT2D eigenvalue weighted by molar-refractivity contribution is 0.0983. The summed E-state index contributed by atoms with van der Waals surface area (Å²) in [5.41, 5.74) is 1.34. The van der Waals surface area contributed by atoms with E-state index in [0.29, 0.717) is 6.61 Å². The van der Waals surface area contributed by atoms with E-state index in [9.17, 15) is 0 Å². The fourth-order valence-corrected chi connectivity index (χ4v) is 1.74. The van der Waals surface area contributed by atoms with Gasteiger partial charge in [-0.3, -0.25) is 0 Å². The Bertz CT molecular complexity index is 323. The van der Waals surface area contributed by atoms with Crippen LogP contribution in [0, 0.1) is 5.41 Å². The van der Waals surface area contributed by atoms with Crippen molar-refractivity contribution in [2.45, 2.75) is 20.0 Å². The van der Waals surface area contributed by atoms with Gasteiger partial charge in [0.25, 0.3) is 0 Å². The summed E-state index contributed by atoms with van der Waals surface area (Å²) in [5.74, 6) is 0. The van der Waals surface area contributed by atoms with Gasteiger partial charge in [0.15, 0.2) is 0 Å². The molecule has 0 spiro atoms. The number of hydrogen-bond donors (Lipinski definition) is 1. The smallest absolute Gasteiger partial charge is 0.0716 e. The van der Waals surface area contributed by atoms with E-state index in [4.69, 9.17) is 4.74 Å². The van der Waals surface area contributed by atoms with Crippen LogP contribution in [0.15, 0.2) is 43.0 Å². The molecule has 2 nitrogen and oxygen atoms in total. The Morgan fingerprint density at radius 1 is 1.35 bits per heavy atom. The Morgan fingerprint density at radius 2 is 2.06 bits per heavy atom. The molecule has 0 heterocycles. The van der Waals surface area contributed by atoms with Crippen molar-refractivity contribution in [1.82, 2.24) is 5.32 Å². The van der Waals surface area contributed by atoms with Crippen LogP contribution in [0.4, 0.5) is 0 Å². The van der Waals surface area contributed by atoms with Gasteiger partial charge in [0.1, 0.15) is 0 Å². The van der Waals surface area contributed by atoms with Gasteiger partial charge in [-0.1, -0.05) is 43.3 Å². The molecule has 0 bridgehead atoms. The Labute approximate surface area is 105 Å². The Hall–Kier alpha value is -1.12. The van der Waals surface area contributed by atoms with Crippen molar-refractivity contribution in [3.63, 3.8) is 0 Å². The van der Waals surface area contributed by atoms with E-state index in [2.05, 4.69) is 31.0 Å². The summed E-state index contributed by atoms with van der Waals surface area (Å²) in [6, 6.07) is 10.3. The third-order valence-electron chi connectivity index (χ3n) is 3.00. The van der Waals surface area contributed by atoms with Crippen molar-refractivity contribution >= 4 is 0 Å². The molecule has 1 aromatic carbocycles. The zero-order valence-corrected chi connectivity index (χ0v) is 10.9. The van der Waals surface area contributed by atoms with E-state index < -0.39 is 0 Å². The number of nitrogens with one attached hydrogen (secondary N) is 1. The van der Waals surface area contributed by atoms with Crippen LogP contribution in [0.3, 0.4) is 0 Å². The third-order valence-corrected chi connectivity index (χ3v) is 3.00. The molecule has 2 heteroatoms. The van der Waals surface area contributed by atoms with Gasteiger partial charge in [-0.2, -0.15) is 0 Å². The molecule has 1 rings (SSSR count). The normalized spacial score (nSPS) is 14.2. The second-order valence-electron chi connectivity index (χ2n) is 4.68. The molecular weight excluding hydrogens is 210 g/mol. The van der Waals surface area contributed by atoms with Crippen LogP contribution in [0.25, 0.3) is 0 Å². The molecule has 0 aliphatic carbocycles. The van der Waals surface area contributed by atoms with Gasteiger partial charge in [-0.05, 0) is 24.4 Å². The first-order chi connectivity index (χ1) is 8.20. The van der Waals surface area contributed by atoms with Crippen LogP contribution in [-0.2, 0) is 11.3 Å². The van der Waals surface area contributed by atoms with Crippen molar-refractivity contribution in [2.24, 2.45) is 5.41 Å². The van der Waals surface area contributed by atoms with Gasteiger partial charge >= 0.3 is 0 Å². The van der Waals surface area contributed by atoms with Crippen LogP contribution in [0.5, 0.6) is 0 Å². The second kappa shape index (κ2) is 7.25. The van der Waals surface area contributed by atoms with E-state index in [1.165, 1.54) is 5.56 Å². The zero-order chi connectivity index (χ0) is 12.6. The average molecular weight is 233 g/mol. The standard InChI is InChI=1S/C15H23NO/c1-4-15(2,13-16-3)10-11-17-12-14-8-6-5-7-9-14/h4-9,16H,1,10-13H2,2-3H3. The van der Waals surface area contributed by atoms with Gasteiger partial charge in [0.2, 0.25) is 0 Å². The lowest BCUT2D eigenvalue weighted by atomic mass is 9.87. The minimum absolute atomic E-state index is 0.117. The molecule has 0 fully saturated rings. The molecule has 1 unspecified atom stereocenters. The molecule has 1 aromatic rings. The average Bonchev–Trinajstić information content (AvgIpc) is 2.36. The molecule has 0 radical (unpaired) electrons. The molecule has 1 atom stereocenters. The van der Waals surface area contributed by atoms with Crippen molar-refractivity contribution in [3.8, 4) is 0 Å². The van der Waals surface area contributed by atoms with Crippen molar-refractivity contribution in [1.29, 1.82) is 0 Å². The van der Waals surface area contributed by atoms with Gasteiger partial charge in [0, 0.05) is 13.2 Å². The van der Waals surface area contributed by atoms with Gasteiger partial charge < -0.3 is 10.1 Å².